The van der Waals surface area contributed by atoms with Gasteiger partial charge >= 0.3 is 0 Å². The third-order valence-corrected chi connectivity index (χ3v) is 4.18. The molecule has 0 spiro atoms. The Morgan fingerprint density at radius 3 is 2.59 bits per heavy atom. The molecule has 1 aliphatic rings. The average molecular weight is 296 g/mol. The quantitative estimate of drug-likeness (QED) is 0.746. The van der Waals surface area contributed by atoms with E-state index < -0.39 is 0 Å². The standard InChI is InChI=1S/C15H22BrN/c1-2-13-3-5-14(6-4-13)11-17-10-8-15(12-17)7-9-16/h3-6,15H,2,7-12H2,1H3. The molecular formula is C15H22BrN. The summed E-state index contributed by atoms with van der Waals surface area (Å²) in [7, 11) is 0. The summed E-state index contributed by atoms with van der Waals surface area (Å²) in [6.45, 7) is 5.89. The van der Waals surface area contributed by atoms with E-state index in [1.807, 2.05) is 0 Å². The molecule has 2 heteroatoms. The van der Waals surface area contributed by atoms with Crippen LogP contribution in [0.25, 0.3) is 0 Å². The largest absolute Gasteiger partial charge is 0.299 e. The van der Waals surface area contributed by atoms with Crippen molar-refractivity contribution in [3.63, 3.8) is 0 Å². The number of aryl methyl sites for hydroxylation is 1. The van der Waals surface area contributed by atoms with Crippen LogP contribution in [-0.4, -0.2) is 23.3 Å². The lowest BCUT2D eigenvalue weighted by Crippen LogP contribution is -2.20. The van der Waals surface area contributed by atoms with Gasteiger partial charge in [0, 0.05) is 18.4 Å². The van der Waals surface area contributed by atoms with Crippen molar-refractivity contribution >= 4 is 15.9 Å². The van der Waals surface area contributed by atoms with E-state index in [-0.39, 0.29) is 0 Å². The first kappa shape index (κ1) is 13.1. The van der Waals surface area contributed by atoms with E-state index in [0.29, 0.717) is 0 Å². The number of nitrogens with zero attached hydrogens (tertiary/aromatic N) is 1. The predicted octanol–water partition coefficient (Wildman–Crippen LogP) is 3.86. The Labute approximate surface area is 113 Å². The van der Waals surface area contributed by atoms with Crippen molar-refractivity contribution < 1.29 is 0 Å². The Morgan fingerprint density at radius 1 is 1.24 bits per heavy atom. The van der Waals surface area contributed by atoms with E-state index in [1.54, 1.807) is 0 Å². The lowest BCUT2D eigenvalue weighted by molar-refractivity contribution is 0.315. The summed E-state index contributed by atoms with van der Waals surface area (Å²) >= 11 is 3.54. The molecule has 1 saturated heterocycles. The maximum absolute atomic E-state index is 3.54. The maximum Gasteiger partial charge on any atom is 0.0233 e. The molecule has 94 valence electrons. The van der Waals surface area contributed by atoms with Crippen LogP contribution in [0.5, 0.6) is 0 Å². The van der Waals surface area contributed by atoms with E-state index in [1.165, 1.54) is 37.1 Å². The Kier molecular flexibility index (Phi) is 5.05. The highest BCUT2D eigenvalue weighted by molar-refractivity contribution is 9.09. The van der Waals surface area contributed by atoms with Gasteiger partial charge in [-0.2, -0.15) is 0 Å². The molecule has 0 aromatic heterocycles. The minimum atomic E-state index is 0.907. The Morgan fingerprint density at radius 2 is 1.94 bits per heavy atom. The van der Waals surface area contributed by atoms with Crippen molar-refractivity contribution in [2.24, 2.45) is 5.92 Å². The summed E-state index contributed by atoms with van der Waals surface area (Å²) in [6.07, 6.45) is 3.83. The van der Waals surface area contributed by atoms with Gasteiger partial charge in [0.25, 0.3) is 0 Å². The SMILES string of the molecule is CCc1ccc(CN2CCC(CCBr)C2)cc1. The molecule has 1 heterocycles. The van der Waals surface area contributed by atoms with Gasteiger partial charge in [0.1, 0.15) is 0 Å². The number of likely N-dealkylation sites (tertiary alicyclic amines) is 1. The molecule has 2 rings (SSSR count). The van der Waals surface area contributed by atoms with Crippen LogP contribution in [0.2, 0.25) is 0 Å². The Balaban J connectivity index is 1.84. The van der Waals surface area contributed by atoms with E-state index in [0.717, 1.165) is 24.2 Å². The van der Waals surface area contributed by atoms with Crippen molar-refractivity contribution in [3.05, 3.63) is 35.4 Å². The first-order chi connectivity index (χ1) is 8.31. The summed E-state index contributed by atoms with van der Waals surface area (Å²) in [5, 5.41) is 1.15. The van der Waals surface area contributed by atoms with Crippen molar-refractivity contribution in [2.45, 2.75) is 32.7 Å². The van der Waals surface area contributed by atoms with E-state index in [9.17, 15) is 0 Å². The Bertz CT molecular complexity index is 333. The predicted molar refractivity (Wildman–Crippen MR) is 77.6 cm³/mol. The highest BCUT2D eigenvalue weighted by Gasteiger charge is 2.21. The molecular weight excluding hydrogens is 274 g/mol. The zero-order valence-corrected chi connectivity index (χ0v) is 12.2. The molecule has 0 radical (unpaired) electrons. The number of alkyl halides is 1. The molecule has 0 amide bonds. The van der Waals surface area contributed by atoms with Gasteiger partial charge in [0.05, 0.1) is 0 Å². The zero-order valence-electron chi connectivity index (χ0n) is 10.7. The van der Waals surface area contributed by atoms with Crippen LogP contribution in [0, 0.1) is 5.92 Å². The van der Waals surface area contributed by atoms with Crippen LogP contribution < -0.4 is 0 Å². The molecule has 1 unspecified atom stereocenters. The number of hydrogen-bond donors (Lipinski definition) is 0. The van der Waals surface area contributed by atoms with Gasteiger partial charge in [0.2, 0.25) is 0 Å². The van der Waals surface area contributed by atoms with Gasteiger partial charge in [-0.05, 0) is 42.9 Å². The third kappa shape index (κ3) is 3.82. The fourth-order valence-corrected chi connectivity index (χ4v) is 3.23. The zero-order chi connectivity index (χ0) is 12.1. The number of benzene rings is 1. The van der Waals surface area contributed by atoms with Gasteiger partial charge < -0.3 is 0 Å². The van der Waals surface area contributed by atoms with Crippen LogP contribution in [0.4, 0.5) is 0 Å². The Hall–Kier alpha value is -0.340. The van der Waals surface area contributed by atoms with E-state index in [2.05, 4.69) is 52.0 Å². The van der Waals surface area contributed by atoms with Crippen LogP contribution >= 0.6 is 15.9 Å². The smallest absolute Gasteiger partial charge is 0.0233 e. The molecule has 1 fully saturated rings. The van der Waals surface area contributed by atoms with Crippen molar-refractivity contribution in [1.29, 1.82) is 0 Å². The normalized spacial score (nSPS) is 20.9. The second-order valence-corrected chi connectivity index (χ2v) is 5.83. The van der Waals surface area contributed by atoms with E-state index in [4.69, 9.17) is 0 Å². The minimum absolute atomic E-state index is 0.907. The molecule has 0 N–H and O–H groups in total. The summed E-state index contributed by atoms with van der Waals surface area (Å²) in [6, 6.07) is 9.11. The molecule has 1 aromatic rings. The number of halogens is 1. The number of rotatable bonds is 5. The summed E-state index contributed by atoms with van der Waals surface area (Å²) < 4.78 is 0. The van der Waals surface area contributed by atoms with Crippen LogP contribution in [0.3, 0.4) is 0 Å². The second-order valence-electron chi connectivity index (χ2n) is 5.04. The lowest BCUT2D eigenvalue weighted by Gasteiger charge is -2.16. The summed E-state index contributed by atoms with van der Waals surface area (Å²) in [5.41, 5.74) is 2.90. The van der Waals surface area contributed by atoms with Crippen LogP contribution in [-0.2, 0) is 13.0 Å². The maximum atomic E-state index is 3.54. The van der Waals surface area contributed by atoms with Gasteiger partial charge in [-0.3, -0.25) is 4.90 Å². The first-order valence-corrected chi connectivity index (χ1v) is 7.80. The molecule has 1 aliphatic heterocycles. The van der Waals surface area contributed by atoms with Gasteiger partial charge in [-0.15, -0.1) is 0 Å². The molecule has 1 atom stereocenters. The van der Waals surface area contributed by atoms with E-state index >= 15 is 0 Å². The highest BCUT2D eigenvalue weighted by atomic mass is 79.9. The molecule has 1 aromatic carbocycles. The van der Waals surface area contributed by atoms with Gasteiger partial charge in [-0.25, -0.2) is 0 Å². The van der Waals surface area contributed by atoms with Gasteiger partial charge in [-0.1, -0.05) is 47.1 Å². The minimum Gasteiger partial charge on any atom is -0.299 e. The fraction of sp³-hybridized carbons (Fsp3) is 0.600. The summed E-state index contributed by atoms with van der Waals surface area (Å²) in [5.74, 6) is 0.907. The molecule has 1 nitrogen and oxygen atoms in total. The monoisotopic (exact) mass is 295 g/mol. The molecule has 0 aliphatic carbocycles. The average Bonchev–Trinajstić information content (AvgIpc) is 2.78. The first-order valence-electron chi connectivity index (χ1n) is 6.68. The second kappa shape index (κ2) is 6.55. The van der Waals surface area contributed by atoms with Crippen molar-refractivity contribution in [1.82, 2.24) is 4.90 Å². The number of hydrogen-bond acceptors (Lipinski definition) is 1. The molecule has 0 saturated carbocycles. The lowest BCUT2D eigenvalue weighted by atomic mass is 10.1. The van der Waals surface area contributed by atoms with Crippen molar-refractivity contribution in [3.8, 4) is 0 Å². The highest BCUT2D eigenvalue weighted by Crippen LogP contribution is 2.22. The summed E-state index contributed by atoms with van der Waals surface area (Å²) in [4.78, 5) is 2.59. The van der Waals surface area contributed by atoms with Gasteiger partial charge in [0.15, 0.2) is 0 Å². The molecule has 17 heavy (non-hydrogen) atoms. The van der Waals surface area contributed by atoms with Crippen molar-refractivity contribution in [2.75, 3.05) is 18.4 Å². The fourth-order valence-electron chi connectivity index (χ4n) is 2.58. The van der Waals surface area contributed by atoms with Crippen LogP contribution in [0.1, 0.15) is 30.9 Å². The molecule has 0 bridgehead atoms. The topological polar surface area (TPSA) is 3.24 Å². The van der Waals surface area contributed by atoms with Crippen LogP contribution in [0.15, 0.2) is 24.3 Å². The third-order valence-electron chi connectivity index (χ3n) is 3.72.